The Balaban J connectivity index is 1.52. The number of likely N-dealkylation sites (N-methyl/N-ethyl adjacent to an activating group) is 1. The lowest BCUT2D eigenvalue weighted by molar-refractivity contribution is 0.102. The molecule has 0 saturated carbocycles. The molecule has 0 aliphatic carbocycles. The Morgan fingerprint density at radius 1 is 1.16 bits per heavy atom. The monoisotopic (exact) mass is 430 g/mol. The van der Waals surface area contributed by atoms with Crippen LogP contribution in [0.5, 0.6) is 0 Å². The van der Waals surface area contributed by atoms with Crippen molar-refractivity contribution in [3.63, 3.8) is 0 Å². The predicted molar refractivity (Wildman–Crippen MR) is 129 cm³/mol. The van der Waals surface area contributed by atoms with E-state index in [9.17, 15) is 4.79 Å². The molecule has 164 valence electrons. The number of nitrogens with zero attached hydrogens (tertiary/aromatic N) is 6. The Morgan fingerprint density at radius 2 is 1.97 bits per heavy atom. The maximum absolute atomic E-state index is 12.9. The van der Waals surface area contributed by atoms with Crippen molar-refractivity contribution < 1.29 is 4.79 Å². The van der Waals surface area contributed by atoms with Crippen molar-refractivity contribution in [2.75, 3.05) is 44.4 Å². The first-order valence-electron chi connectivity index (χ1n) is 10.3. The summed E-state index contributed by atoms with van der Waals surface area (Å²) in [7, 11) is 5.80. The number of rotatable bonds is 6. The van der Waals surface area contributed by atoms with Crippen LogP contribution >= 0.6 is 0 Å². The summed E-state index contributed by atoms with van der Waals surface area (Å²) in [5, 5.41) is 8.51. The minimum Gasteiger partial charge on any atom is -0.353 e. The van der Waals surface area contributed by atoms with E-state index in [1.807, 2.05) is 30.3 Å². The molecule has 3 N–H and O–H groups in total. The van der Waals surface area contributed by atoms with Crippen LogP contribution in [0, 0.1) is 0 Å². The number of benzene rings is 1. The van der Waals surface area contributed by atoms with Gasteiger partial charge in [0.2, 0.25) is 0 Å². The molecule has 32 heavy (non-hydrogen) atoms. The maximum atomic E-state index is 12.9. The van der Waals surface area contributed by atoms with Gasteiger partial charge in [0.15, 0.2) is 0 Å². The largest absolute Gasteiger partial charge is 0.353 e. The second-order valence-electron chi connectivity index (χ2n) is 7.91. The molecular weight excluding hydrogens is 404 g/mol. The zero-order valence-electron chi connectivity index (χ0n) is 18.4. The van der Waals surface area contributed by atoms with Crippen LogP contribution < -0.4 is 16.1 Å². The number of hydrazone groups is 1. The number of amides is 1. The number of anilines is 2. The molecule has 1 aliphatic rings. The van der Waals surface area contributed by atoms with Gasteiger partial charge in [0, 0.05) is 61.3 Å². The van der Waals surface area contributed by atoms with Crippen LogP contribution in [0.1, 0.15) is 15.9 Å². The fourth-order valence-electron chi connectivity index (χ4n) is 3.56. The van der Waals surface area contributed by atoms with Crippen molar-refractivity contribution in [1.29, 1.82) is 0 Å². The van der Waals surface area contributed by atoms with E-state index >= 15 is 0 Å². The summed E-state index contributed by atoms with van der Waals surface area (Å²) in [6, 6.07) is 11.6. The van der Waals surface area contributed by atoms with Crippen molar-refractivity contribution in [2.45, 2.75) is 6.04 Å². The van der Waals surface area contributed by atoms with Gasteiger partial charge in [0.05, 0.1) is 0 Å². The number of carbonyl (C=O) groups is 1. The van der Waals surface area contributed by atoms with Crippen LogP contribution in [0.3, 0.4) is 0 Å². The first-order valence-corrected chi connectivity index (χ1v) is 10.3. The summed E-state index contributed by atoms with van der Waals surface area (Å²) in [5.74, 6) is 6.52. The number of carbonyl (C=O) groups excluding carboxylic acids is 1. The molecule has 1 amide bonds. The number of hydrogen-bond acceptors (Lipinski definition) is 8. The third-order valence-electron chi connectivity index (χ3n) is 5.57. The minimum atomic E-state index is -0.233. The van der Waals surface area contributed by atoms with Crippen LogP contribution in [0.2, 0.25) is 0 Å². The van der Waals surface area contributed by atoms with Crippen LogP contribution in [0.25, 0.3) is 10.8 Å². The summed E-state index contributed by atoms with van der Waals surface area (Å²) in [5.41, 5.74) is 1.94. The molecule has 2 aromatic heterocycles. The summed E-state index contributed by atoms with van der Waals surface area (Å²) < 4.78 is 0. The van der Waals surface area contributed by atoms with Gasteiger partial charge in [0.25, 0.3) is 5.91 Å². The summed E-state index contributed by atoms with van der Waals surface area (Å²) >= 11 is 0. The van der Waals surface area contributed by atoms with Gasteiger partial charge in [-0.15, -0.1) is 0 Å². The second kappa shape index (κ2) is 9.11. The Morgan fingerprint density at radius 3 is 2.69 bits per heavy atom. The molecule has 9 heteroatoms. The van der Waals surface area contributed by atoms with Crippen LogP contribution in [-0.2, 0) is 0 Å². The summed E-state index contributed by atoms with van der Waals surface area (Å²) in [6.45, 7) is 1.80. The second-order valence-corrected chi connectivity index (χ2v) is 7.91. The molecule has 1 aliphatic heterocycles. The minimum absolute atomic E-state index is 0.233. The van der Waals surface area contributed by atoms with Crippen molar-refractivity contribution in [2.24, 2.45) is 15.9 Å². The van der Waals surface area contributed by atoms with Gasteiger partial charge in [-0.3, -0.25) is 9.79 Å². The van der Waals surface area contributed by atoms with Gasteiger partial charge < -0.3 is 21.0 Å². The highest BCUT2D eigenvalue weighted by molar-refractivity contribution is 6.38. The normalized spacial score (nSPS) is 14.9. The van der Waals surface area contributed by atoms with E-state index in [2.05, 4.69) is 49.3 Å². The predicted octanol–water partition coefficient (Wildman–Crippen LogP) is 2.00. The van der Waals surface area contributed by atoms with E-state index in [0.29, 0.717) is 23.1 Å². The maximum Gasteiger partial charge on any atom is 0.257 e. The highest BCUT2D eigenvalue weighted by Gasteiger charge is 2.29. The number of aromatic nitrogens is 2. The quantitative estimate of drug-likeness (QED) is 0.351. The van der Waals surface area contributed by atoms with E-state index in [4.69, 9.17) is 5.84 Å². The molecule has 1 fully saturated rings. The van der Waals surface area contributed by atoms with Gasteiger partial charge in [-0.2, -0.15) is 5.10 Å². The van der Waals surface area contributed by atoms with Crippen LogP contribution in [0.15, 0.2) is 58.9 Å². The van der Waals surface area contributed by atoms with Gasteiger partial charge in [0.1, 0.15) is 17.3 Å². The lowest BCUT2D eigenvalue weighted by Crippen LogP contribution is -2.57. The number of hydrogen-bond donors (Lipinski definition) is 2. The Kier molecular flexibility index (Phi) is 6.09. The van der Waals surface area contributed by atoms with Crippen LogP contribution in [-0.4, -0.2) is 73.0 Å². The van der Waals surface area contributed by atoms with Crippen LogP contribution in [0.4, 0.5) is 11.6 Å². The van der Waals surface area contributed by atoms with E-state index in [-0.39, 0.29) is 5.91 Å². The molecule has 4 rings (SSSR count). The highest BCUT2D eigenvalue weighted by Crippen LogP contribution is 2.23. The Bertz CT molecular complexity index is 1200. The third-order valence-corrected chi connectivity index (χ3v) is 5.57. The number of fused-ring (bicyclic) bond motifs is 1. The smallest absolute Gasteiger partial charge is 0.257 e. The number of nitrogens with one attached hydrogen (secondary N) is 1. The fraction of sp³-hybridized carbons (Fsp3) is 0.261. The average Bonchev–Trinajstić information content (AvgIpc) is 2.76. The van der Waals surface area contributed by atoms with E-state index in [0.717, 1.165) is 35.2 Å². The topological polar surface area (TPSA) is 112 Å². The van der Waals surface area contributed by atoms with Gasteiger partial charge >= 0.3 is 0 Å². The first-order chi connectivity index (χ1) is 15.5. The fourth-order valence-corrected chi connectivity index (χ4v) is 3.56. The zero-order valence-corrected chi connectivity index (χ0v) is 18.4. The summed E-state index contributed by atoms with van der Waals surface area (Å²) in [6.07, 6.45) is 4.99. The third kappa shape index (κ3) is 4.42. The lowest BCUT2D eigenvalue weighted by atomic mass is 10.1. The molecule has 1 aromatic carbocycles. The number of aliphatic imine (C=N–C) groups is 1. The molecule has 3 aromatic rings. The van der Waals surface area contributed by atoms with Crippen molar-refractivity contribution in [3.05, 3.63) is 59.9 Å². The SMILES string of the molecule is CN=CC(=NN)c1ccc2cnc(NC(=O)c3ccnc(N4CC(N(C)C)C4)c3)cc2c1. The lowest BCUT2D eigenvalue weighted by Gasteiger charge is -2.43. The molecule has 0 radical (unpaired) electrons. The van der Waals surface area contributed by atoms with Crippen molar-refractivity contribution in [3.8, 4) is 0 Å². The molecule has 0 atom stereocenters. The average molecular weight is 431 g/mol. The van der Waals surface area contributed by atoms with E-state index < -0.39 is 0 Å². The molecule has 3 heterocycles. The first kappa shape index (κ1) is 21.4. The van der Waals surface area contributed by atoms with Gasteiger partial charge in [-0.25, -0.2) is 9.97 Å². The zero-order chi connectivity index (χ0) is 22.7. The molecule has 0 bridgehead atoms. The van der Waals surface area contributed by atoms with Gasteiger partial charge in [-0.1, -0.05) is 12.1 Å². The molecule has 0 unspecified atom stereocenters. The Hall–Kier alpha value is -3.85. The molecular formula is C23H26N8O. The summed E-state index contributed by atoms with van der Waals surface area (Å²) in [4.78, 5) is 30.0. The standard InChI is InChI=1S/C23H26N8O/c1-25-12-20(29-24)15-4-5-17-11-27-21(9-18(17)8-15)28-23(32)16-6-7-26-22(10-16)31-13-19(14-31)30(2)3/h4-12,19H,13-14,24H2,1-3H3,(H,27,28,32). The van der Waals surface area contributed by atoms with Crippen molar-refractivity contribution >= 4 is 40.2 Å². The molecule has 1 saturated heterocycles. The van der Waals surface area contributed by atoms with E-state index in [1.54, 1.807) is 31.7 Å². The highest BCUT2D eigenvalue weighted by atomic mass is 16.1. The Labute approximate surface area is 186 Å². The van der Waals surface area contributed by atoms with E-state index in [1.165, 1.54) is 0 Å². The van der Waals surface area contributed by atoms with Crippen molar-refractivity contribution in [1.82, 2.24) is 14.9 Å². The van der Waals surface area contributed by atoms with Gasteiger partial charge in [-0.05, 0) is 43.7 Å². The molecule has 9 nitrogen and oxygen atoms in total. The molecule has 0 spiro atoms. The number of pyridine rings is 2. The number of nitrogens with two attached hydrogens (primary N) is 1.